The lowest BCUT2D eigenvalue weighted by atomic mass is 10.2. The summed E-state index contributed by atoms with van der Waals surface area (Å²) in [4.78, 5) is 8.75. The zero-order chi connectivity index (χ0) is 14.7. The van der Waals surface area contributed by atoms with E-state index >= 15 is 0 Å². The van der Waals surface area contributed by atoms with E-state index in [0.717, 1.165) is 46.3 Å². The van der Waals surface area contributed by atoms with E-state index in [0.29, 0.717) is 13.2 Å². The zero-order valence-electron chi connectivity index (χ0n) is 11.7. The summed E-state index contributed by atoms with van der Waals surface area (Å²) in [6, 6.07) is 7.65. The zero-order valence-corrected chi connectivity index (χ0v) is 13.3. The van der Waals surface area contributed by atoms with E-state index < -0.39 is 0 Å². The molecule has 2 heterocycles. The number of aromatic nitrogens is 2. The van der Waals surface area contributed by atoms with E-state index in [2.05, 4.69) is 31.2 Å². The number of ether oxygens (including phenoxy) is 2. The van der Waals surface area contributed by atoms with E-state index in [9.17, 15) is 0 Å². The molecular weight excluding hydrogens is 334 g/mol. The third-order valence-corrected chi connectivity index (χ3v) is 3.48. The van der Waals surface area contributed by atoms with Crippen molar-refractivity contribution < 1.29 is 9.47 Å². The molecule has 1 aliphatic rings. The van der Waals surface area contributed by atoms with Crippen molar-refractivity contribution >= 4 is 27.4 Å². The predicted molar refractivity (Wildman–Crippen MR) is 84.4 cm³/mol. The van der Waals surface area contributed by atoms with Crippen LogP contribution in [0.2, 0.25) is 0 Å². The highest BCUT2D eigenvalue weighted by molar-refractivity contribution is 9.10. The summed E-state index contributed by atoms with van der Waals surface area (Å²) in [6.07, 6.45) is 1.69. The highest BCUT2D eigenvalue weighted by Gasteiger charge is 2.11. The first kappa shape index (κ1) is 14.1. The van der Waals surface area contributed by atoms with Crippen LogP contribution in [0.25, 0.3) is 0 Å². The maximum Gasteiger partial charge on any atom is 0.163 e. The lowest BCUT2D eigenvalue weighted by Crippen LogP contribution is -2.00. The van der Waals surface area contributed by atoms with Gasteiger partial charge in [-0.1, -0.05) is 6.92 Å². The summed E-state index contributed by atoms with van der Waals surface area (Å²) < 4.78 is 12.1. The molecule has 110 valence electrons. The van der Waals surface area contributed by atoms with Crippen molar-refractivity contribution in [3.63, 3.8) is 0 Å². The second-order valence-corrected chi connectivity index (χ2v) is 5.50. The Morgan fingerprint density at radius 2 is 1.95 bits per heavy atom. The second kappa shape index (κ2) is 6.30. The Bertz CT molecular complexity index is 649. The molecule has 0 aliphatic carbocycles. The number of fused-ring (bicyclic) bond motifs is 1. The van der Waals surface area contributed by atoms with Gasteiger partial charge in [0.05, 0.1) is 13.2 Å². The van der Waals surface area contributed by atoms with Gasteiger partial charge in [0.15, 0.2) is 11.5 Å². The summed E-state index contributed by atoms with van der Waals surface area (Å²) in [5.41, 5.74) is 0.909. The molecule has 0 atom stereocenters. The SMILES string of the molecule is CCc1nc(Br)cc(Nc2ccc3c(c2)OCCCO3)n1. The van der Waals surface area contributed by atoms with Crippen molar-refractivity contribution in [3.05, 3.63) is 34.7 Å². The molecule has 1 N–H and O–H groups in total. The first-order valence-corrected chi connectivity index (χ1v) is 7.74. The van der Waals surface area contributed by atoms with Gasteiger partial charge < -0.3 is 14.8 Å². The fourth-order valence-electron chi connectivity index (χ4n) is 2.08. The molecule has 2 aromatic rings. The average molecular weight is 350 g/mol. The maximum atomic E-state index is 5.69. The minimum atomic E-state index is 0.676. The number of anilines is 2. The monoisotopic (exact) mass is 349 g/mol. The van der Waals surface area contributed by atoms with Crippen LogP contribution in [0.1, 0.15) is 19.2 Å². The molecule has 5 nitrogen and oxygen atoms in total. The lowest BCUT2D eigenvalue weighted by molar-refractivity contribution is 0.297. The van der Waals surface area contributed by atoms with Gasteiger partial charge in [-0.15, -0.1) is 0 Å². The Labute approximate surface area is 131 Å². The molecular formula is C15H16BrN3O2. The fourth-order valence-corrected chi connectivity index (χ4v) is 2.50. The highest BCUT2D eigenvalue weighted by atomic mass is 79.9. The number of aryl methyl sites for hydroxylation is 1. The summed E-state index contributed by atoms with van der Waals surface area (Å²) in [6.45, 7) is 3.40. The third-order valence-electron chi connectivity index (χ3n) is 3.08. The molecule has 1 aliphatic heterocycles. The summed E-state index contributed by atoms with van der Waals surface area (Å²) in [5, 5.41) is 3.27. The fraction of sp³-hybridized carbons (Fsp3) is 0.333. The van der Waals surface area contributed by atoms with Gasteiger partial charge in [0, 0.05) is 30.7 Å². The molecule has 0 bridgehead atoms. The van der Waals surface area contributed by atoms with Gasteiger partial charge in [-0.25, -0.2) is 9.97 Å². The van der Waals surface area contributed by atoms with Gasteiger partial charge in [-0.2, -0.15) is 0 Å². The molecule has 3 rings (SSSR count). The number of nitrogens with one attached hydrogen (secondary N) is 1. The van der Waals surface area contributed by atoms with E-state index in [-0.39, 0.29) is 0 Å². The molecule has 21 heavy (non-hydrogen) atoms. The Hall–Kier alpha value is -1.82. The van der Waals surface area contributed by atoms with Gasteiger partial charge in [0.2, 0.25) is 0 Å². The molecule has 0 unspecified atom stereocenters. The third kappa shape index (κ3) is 3.44. The lowest BCUT2D eigenvalue weighted by Gasteiger charge is -2.11. The summed E-state index contributed by atoms with van der Waals surface area (Å²) in [7, 11) is 0. The standard InChI is InChI=1S/C15H16BrN3O2/c1-2-14-18-13(16)9-15(19-14)17-10-4-5-11-12(8-10)21-7-3-6-20-11/h4-5,8-9H,2-3,6-7H2,1H3,(H,17,18,19). The predicted octanol–water partition coefficient (Wildman–Crippen LogP) is 3.71. The van der Waals surface area contributed by atoms with E-state index in [1.165, 1.54) is 0 Å². The van der Waals surface area contributed by atoms with Crippen LogP contribution < -0.4 is 14.8 Å². The Morgan fingerprint density at radius 1 is 1.14 bits per heavy atom. The van der Waals surface area contributed by atoms with E-state index in [1.54, 1.807) is 0 Å². The van der Waals surface area contributed by atoms with Gasteiger partial charge in [0.1, 0.15) is 16.2 Å². The molecule has 0 saturated carbocycles. The smallest absolute Gasteiger partial charge is 0.163 e. The molecule has 0 saturated heterocycles. The largest absolute Gasteiger partial charge is 0.490 e. The van der Waals surface area contributed by atoms with Crippen LogP contribution >= 0.6 is 15.9 Å². The van der Waals surface area contributed by atoms with Crippen LogP contribution in [-0.4, -0.2) is 23.2 Å². The number of rotatable bonds is 3. The van der Waals surface area contributed by atoms with E-state index in [4.69, 9.17) is 9.47 Å². The average Bonchev–Trinajstić information content (AvgIpc) is 2.71. The van der Waals surface area contributed by atoms with Crippen LogP contribution in [0.3, 0.4) is 0 Å². The van der Waals surface area contributed by atoms with Crippen LogP contribution in [0, 0.1) is 0 Å². The molecule has 0 spiro atoms. The Balaban J connectivity index is 1.85. The molecule has 1 aromatic heterocycles. The summed E-state index contributed by atoms with van der Waals surface area (Å²) in [5.74, 6) is 3.10. The number of hydrogen-bond acceptors (Lipinski definition) is 5. The summed E-state index contributed by atoms with van der Waals surface area (Å²) >= 11 is 3.40. The molecule has 1 aromatic carbocycles. The second-order valence-electron chi connectivity index (χ2n) is 4.68. The number of hydrogen-bond donors (Lipinski definition) is 1. The number of nitrogens with zero attached hydrogens (tertiary/aromatic N) is 2. The molecule has 0 radical (unpaired) electrons. The van der Waals surface area contributed by atoms with Crippen LogP contribution in [-0.2, 0) is 6.42 Å². The minimum absolute atomic E-state index is 0.676. The van der Waals surface area contributed by atoms with Crippen LogP contribution in [0.4, 0.5) is 11.5 Å². The Kier molecular flexibility index (Phi) is 4.24. The highest BCUT2D eigenvalue weighted by Crippen LogP contribution is 2.33. The van der Waals surface area contributed by atoms with Gasteiger partial charge in [-0.05, 0) is 28.1 Å². The quantitative estimate of drug-likeness (QED) is 0.856. The van der Waals surface area contributed by atoms with Gasteiger partial charge in [-0.3, -0.25) is 0 Å². The minimum Gasteiger partial charge on any atom is -0.490 e. The Morgan fingerprint density at radius 3 is 2.76 bits per heavy atom. The number of benzene rings is 1. The van der Waals surface area contributed by atoms with Crippen molar-refractivity contribution in [2.24, 2.45) is 0 Å². The molecule has 0 amide bonds. The number of halogens is 1. The van der Waals surface area contributed by atoms with Crippen molar-refractivity contribution in [3.8, 4) is 11.5 Å². The molecule has 0 fully saturated rings. The first-order valence-electron chi connectivity index (χ1n) is 6.95. The van der Waals surface area contributed by atoms with Crippen molar-refractivity contribution in [1.29, 1.82) is 0 Å². The maximum absolute atomic E-state index is 5.69. The normalized spacial score (nSPS) is 13.6. The van der Waals surface area contributed by atoms with Crippen molar-refractivity contribution in [2.75, 3.05) is 18.5 Å². The van der Waals surface area contributed by atoms with Crippen molar-refractivity contribution in [1.82, 2.24) is 9.97 Å². The van der Waals surface area contributed by atoms with Crippen LogP contribution in [0.15, 0.2) is 28.9 Å². The van der Waals surface area contributed by atoms with Gasteiger partial charge in [0.25, 0.3) is 0 Å². The van der Waals surface area contributed by atoms with E-state index in [1.807, 2.05) is 31.2 Å². The first-order chi connectivity index (χ1) is 10.2. The van der Waals surface area contributed by atoms with Gasteiger partial charge >= 0.3 is 0 Å². The molecule has 6 heteroatoms. The van der Waals surface area contributed by atoms with Crippen LogP contribution in [0.5, 0.6) is 11.5 Å². The topological polar surface area (TPSA) is 56.3 Å². The van der Waals surface area contributed by atoms with Crippen molar-refractivity contribution in [2.45, 2.75) is 19.8 Å².